The van der Waals surface area contributed by atoms with Crippen molar-refractivity contribution in [2.45, 2.75) is 30.2 Å². The van der Waals surface area contributed by atoms with Crippen LogP contribution in [0.5, 0.6) is 0 Å². The van der Waals surface area contributed by atoms with Gasteiger partial charge in [-0.1, -0.05) is 0 Å². The third-order valence-electron chi connectivity index (χ3n) is 2.06. The first kappa shape index (κ1) is 16.0. The molecule has 0 heterocycles. The van der Waals surface area contributed by atoms with E-state index < -0.39 is 24.0 Å². The van der Waals surface area contributed by atoms with Gasteiger partial charge in [0.15, 0.2) is 0 Å². The molecular formula is C9H15N2O5Se. The summed E-state index contributed by atoms with van der Waals surface area (Å²) in [5, 5.41) is 20.0. The Kier molecular flexibility index (Phi) is 7.73. The molecule has 0 aliphatic heterocycles. The molecule has 0 spiro atoms. The van der Waals surface area contributed by atoms with Crippen LogP contribution in [0.4, 0.5) is 0 Å². The molecule has 17 heavy (non-hydrogen) atoms. The summed E-state index contributed by atoms with van der Waals surface area (Å²) in [7, 11) is 0. The second kappa shape index (κ2) is 8.19. The Morgan fingerprint density at radius 3 is 2.24 bits per heavy atom. The van der Waals surface area contributed by atoms with Crippen molar-refractivity contribution < 1.29 is 24.6 Å². The van der Waals surface area contributed by atoms with Gasteiger partial charge in [-0.3, -0.25) is 0 Å². The fraction of sp³-hybridized carbons (Fsp3) is 0.667. The zero-order valence-electron chi connectivity index (χ0n) is 9.09. The van der Waals surface area contributed by atoms with Crippen LogP contribution in [0.15, 0.2) is 0 Å². The van der Waals surface area contributed by atoms with Crippen LogP contribution in [0.1, 0.15) is 12.8 Å². The minimum absolute atomic E-state index is 0.0141. The van der Waals surface area contributed by atoms with Crippen molar-refractivity contribution in [1.82, 2.24) is 5.32 Å². The number of nitrogens with one attached hydrogen (secondary N) is 1. The molecule has 5 N–H and O–H groups in total. The minimum atomic E-state index is -1.16. The van der Waals surface area contributed by atoms with E-state index >= 15 is 0 Å². The van der Waals surface area contributed by atoms with Crippen LogP contribution < -0.4 is 11.1 Å². The molecule has 0 saturated carbocycles. The maximum atomic E-state index is 11.3. The third-order valence-corrected chi connectivity index (χ3v) is 2.76. The predicted octanol–water partition coefficient (Wildman–Crippen LogP) is -1.62. The van der Waals surface area contributed by atoms with Crippen LogP contribution in [0.2, 0.25) is 5.32 Å². The molecule has 8 heteroatoms. The summed E-state index contributed by atoms with van der Waals surface area (Å²) >= 11 is 2.56. The van der Waals surface area contributed by atoms with Crippen LogP contribution in [-0.2, 0) is 14.4 Å². The van der Waals surface area contributed by atoms with Crippen LogP contribution in [-0.4, -0.2) is 62.6 Å². The van der Waals surface area contributed by atoms with E-state index in [0.717, 1.165) is 0 Å². The number of carbonyl (C=O) groups excluding carboxylic acids is 1. The SMILES string of the molecule is N[C@@H](CCC(=O)CN[C@@H](C[Se])C(=O)O)C(=O)O. The summed E-state index contributed by atoms with van der Waals surface area (Å²) in [6.45, 7) is -0.106. The molecule has 97 valence electrons. The molecule has 0 saturated heterocycles. The van der Waals surface area contributed by atoms with Crippen molar-refractivity contribution in [2.24, 2.45) is 5.73 Å². The molecule has 0 bridgehead atoms. The average molecular weight is 310 g/mol. The van der Waals surface area contributed by atoms with E-state index in [1.165, 1.54) is 0 Å². The molecule has 0 fully saturated rings. The van der Waals surface area contributed by atoms with Gasteiger partial charge in [-0.05, 0) is 0 Å². The van der Waals surface area contributed by atoms with E-state index in [0.29, 0.717) is 0 Å². The molecule has 0 unspecified atom stereocenters. The number of carboxylic acids is 2. The zero-order chi connectivity index (χ0) is 13.4. The summed E-state index contributed by atoms with van der Waals surface area (Å²) in [5.41, 5.74) is 5.22. The molecule has 0 aromatic rings. The number of hydrogen-bond donors (Lipinski definition) is 4. The van der Waals surface area contributed by atoms with Crippen molar-refractivity contribution >= 4 is 33.7 Å². The number of carboxylic acid groups (broad SMARTS) is 2. The molecule has 2 atom stereocenters. The van der Waals surface area contributed by atoms with E-state index in [9.17, 15) is 14.4 Å². The first-order valence-electron chi connectivity index (χ1n) is 4.92. The molecule has 0 aliphatic rings. The molecule has 7 nitrogen and oxygen atoms in total. The van der Waals surface area contributed by atoms with Crippen molar-refractivity contribution in [3.63, 3.8) is 0 Å². The average Bonchev–Trinajstić information content (AvgIpc) is 2.25. The van der Waals surface area contributed by atoms with Gasteiger partial charge in [0.05, 0.1) is 0 Å². The molecule has 0 aromatic heterocycles. The summed E-state index contributed by atoms with van der Waals surface area (Å²) in [6, 6.07) is -1.87. The fourth-order valence-electron chi connectivity index (χ4n) is 0.983. The molecule has 0 rings (SSSR count). The summed E-state index contributed by atoms with van der Waals surface area (Å²) < 4.78 is 0. The van der Waals surface area contributed by atoms with Gasteiger partial charge in [0, 0.05) is 0 Å². The van der Waals surface area contributed by atoms with Gasteiger partial charge in [-0.2, -0.15) is 0 Å². The van der Waals surface area contributed by atoms with E-state index in [4.69, 9.17) is 15.9 Å². The number of rotatable bonds is 9. The molecule has 1 radical (unpaired) electrons. The van der Waals surface area contributed by atoms with Crippen molar-refractivity contribution in [2.75, 3.05) is 6.54 Å². The van der Waals surface area contributed by atoms with Crippen LogP contribution in [0.3, 0.4) is 0 Å². The molecular weight excluding hydrogens is 295 g/mol. The molecule has 0 aromatic carbocycles. The first-order chi connectivity index (χ1) is 7.88. The Hall–Kier alpha value is -0.951. The van der Waals surface area contributed by atoms with Crippen molar-refractivity contribution in [3.05, 3.63) is 0 Å². The topological polar surface area (TPSA) is 130 Å². The van der Waals surface area contributed by atoms with Gasteiger partial charge in [-0.15, -0.1) is 0 Å². The van der Waals surface area contributed by atoms with Gasteiger partial charge in [0.2, 0.25) is 0 Å². The van der Waals surface area contributed by atoms with Crippen LogP contribution in [0.25, 0.3) is 0 Å². The fourth-order valence-corrected chi connectivity index (χ4v) is 1.53. The number of carbonyl (C=O) groups is 3. The quantitative estimate of drug-likeness (QED) is 0.376. The van der Waals surface area contributed by atoms with E-state index in [1.54, 1.807) is 0 Å². The molecule has 0 amide bonds. The number of hydrogen-bond acceptors (Lipinski definition) is 5. The predicted molar refractivity (Wildman–Crippen MR) is 59.8 cm³/mol. The maximum absolute atomic E-state index is 11.3. The first-order valence-corrected chi connectivity index (χ1v) is 6.14. The summed E-state index contributed by atoms with van der Waals surface area (Å²) in [6.07, 6.45) is 0.0616. The van der Waals surface area contributed by atoms with Gasteiger partial charge < -0.3 is 0 Å². The van der Waals surface area contributed by atoms with Crippen LogP contribution >= 0.6 is 0 Å². The Morgan fingerprint density at radius 2 is 1.82 bits per heavy atom. The zero-order valence-corrected chi connectivity index (χ0v) is 10.8. The third kappa shape index (κ3) is 7.06. The Labute approximate surface area is 107 Å². The van der Waals surface area contributed by atoms with Crippen LogP contribution in [0, 0.1) is 0 Å². The molecule has 0 aliphatic carbocycles. The van der Waals surface area contributed by atoms with E-state index in [2.05, 4.69) is 21.3 Å². The second-order valence-electron chi connectivity index (χ2n) is 3.46. The number of Topliss-reactive ketones (excluding diaryl/α,β-unsaturated/α-hetero) is 1. The normalized spacial score (nSPS) is 14.0. The van der Waals surface area contributed by atoms with Gasteiger partial charge in [0.25, 0.3) is 0 Å². The van der Waals surface area contributed by atoms with Crippen molar-refractivity contribution in [3.8, 4) is 0 Å². The Morgan fingerprint density at radius 1 is 1.24 bits per heavy atom. The Bertz CT molecular complexity index is 297. The van der Waals surface area contributed by atoms with Gasteiger partial charge in [-0.25, -0.2) is 0 Å². The number of aliphatic carboxylic acids is 2. The standard InChI is InChI=1S/C9H15N2O5Se/c10-6(8(13)14)2-1-5(12)3-11-7(4-17)9(15)16/h6-7,11H,1-4,10H2,(H,13,14)(H,15,16)/t6-,7-/m0/s1. The van der Waals surface area contributed by atoms with Crippen molar-refractivity contribution in [1.29, 1.82) is 0 Å². The Balaban J connectivity index is 3.87. The van der Waals surface area contributed by atoms with Gasteiger partial charge in [0.1, 0.15) is 0 Å². The number of ketones is 1. The summed E-state index contributed by atoms with van der Waals surface area (Å²) in [5.74, 6) is -2.46. The summed E-state index contributed by atoms with van der Waals surface area (Å²) in [4.78, 5) is 32.3. The van der Waals surface area contributed by atoms with E-state index in [1.807, 2.05) is 0 Å². The van der Waals surface area contributed by atoms with E-state index in [-0.39, 0.29) is 30.5 Å². The monoisotopic (exact) mass is 311 g/mol. The second-order valence-corrected chi connectivity index (χ2v) is 4.16. The number of nitrogens with two attached hydrogens (primary N) is 1. The van der Waals surface area contributed by atoms with Gasteiger partial charge >= 0.3 is 106 Å².